The molecular formula is C27H30N6O2. The summed E-state index contributed by atoms with van der Waals surface area (Å²) in [6, 6.07) is 19.1. The number of aromatic nitrogens is 4. The van der Waals surface area contributed by atoms with Crippen LogP contribution in [0.25, 0.3) is 11.4 Å². The molecule has 2 N–H and O–H groups in total. The van der Waals surface area contributed by atoms with Gasteiger partial charge >= 0.3 is 0 Å². The van der Waals surface area contributed by atoms with Gasteiger partial charge in [0.1, 0.15) is 0 Å². The number of benzene rings is 2. The van der Waals surface area contributed by atoms with Crippen LogP contribution in [0, 0.1) is 13.8 Å². The zero-order valence-electron chi connectivity index (χ0n) is 20.2. The summed E-state index contributed by atoms with van der Waals surface area (Å²) in [5.74, 6) is -0.418. The molecule has 0 bridgehead atoms. The predicted molar refractivity (Wildman–Crippen MR) is 135 cm³/mol. The van der Waals surface area contributed by atoms with Crippen LogP contribution in [-0.4, -0.2) is 44.0 Å². The summed E-state index contributed by atoms with van der Waals surface area (Å²) in [6.45, 7) is 6.00. The van der Waals surface area contributed by atoms with Crippen LogP contribution in [0.3, 0.4) is 0 Å². The Balaban J connectivity index is 1.41. The van der Waals surface area contributed by atoms with Crippen LogP contribution in [0.15, 0.2) is 73.1 Å². The zero-order chi connectivity index (χ0) is 24.8. The van der Waals surface area contributed by atoms with Crippen molar-refractivity contribution in [2.45, 2.75) is 39.7 Å². The van der Waals surface area contributed by atoms with Gasteiger partial charge in [-0.2, -0.15) is 10.2 Å². The van der Waals surface area contributed by atoms with Gasteiger partial charge in [0.15, 0.2) is 0 Å². The van der Waals surface area contributed by atoms with Gasteiger partial charge in [0.2, 0.25) is 0 Å². The molecule has 8 nitrogen and oxygen atoms in total. The van der Waals surface area contributed by atoms with Crippen LogP contribution in [-0.2, 0) is 0 Å². The highest BCUT2D eigenvalue weighted by Crippen LogP contribution is 2.14. The molecule has 0 saturated heterocycles. The fourth-order valence-electron chi connectivity index (χ4n) is 3.94. The molecular weight excluding hydrogens is 440 g/mol. The summed E-state index contributed by atoms with van der Waals surface area (Å²) >= 11 is 0. The molecule has 0 fully saturated rings. The van der Waals surface area contributed by atoms with Gasteiger partial charge in [-0.3, -0.25) is 9.59 Å². The summed E-state index contributed by atoms with van der Waals surface area (Å²) < 4.78 is 3.40. The van der Waals surface area contributed by atoms with Gasteiger partial charge in [0.05, 0.1) is 33.9 Å². The summed E-state index contributed by atoms with van der Waals surface area (Å²) in [4.78, 5) is 25.9. The van der Waals surface area contributed by atoms with Crippen LogP contribution in [0.1, 0.15) is 51.9 Å². The molecule has 0 aliphatic rings. The Morgan fingerprint density at radius 2 is 1.29 bits per heavy atom. The number of amides is 2. The first kappa shape index (κ1) is 23.9. The first-order valence-electron chi connectivity index (χ1n) is 11.8. The van der Waals surface area contributed by atoms with Gasteiger partial charge in [0, 0.05) is 25.0 Å². The molecule has 2 heterocycles. The van der Waals surface area contributed by atoms with Crippen LogP contribution < -0.4 is 10.6 Å². The molecule has 4 aromatic rings. The largest absolute Gasteiger partial charge is 0.350 e. The number of rotatable bonds is 9. The number of hydrogen-bond donors (Lipinski definition) is 2. The molecule has 2 amide bonds. The quantitative estimate of drug-likeness (QED) is 0.387. The number of nitrogens with one attached hydrogen (secondary N) is 2. The number of hydrogen-bond acceptors (Lipinski definition) is 4. The average Bonchev–Trinajstić information content (AvgIpc) is 3.46. The second-order valence-electron chi connectivity index (χ2n) is 8.49. The Hall–Kier alpha value is -4.20. The Kier molecular flexibility index (Phi) is 7.40. The van der Waals surface area contributed by atoms with Crippen molar-refractivity contribution in [1.29, 1.82) is 0 Å². The lowest BCUT2D eigenvalue weighted by molar-refractivity contribution is 0.0905. The molecule has 35 heavy (non-hydrogen) atoms. The highest BCUT2D eigenvalue weighted by atomic mass is 16.2. The second-order valence-corrected chi connectivity index (χ2v) is 8.49. The topological polar surface area (TPSA) is 93.8 Å². The first-order valence-corrected chi connectivity index (χ1v) is 11.8. The van der Waals surface area contributed by atoms with Crippen LogP contribution in [0.5, 0.6) is 0 Å². The van der Waals surface area contributed by atoms with Crippen LogP contribution >= 0.6 is 0 Å². The molecule has 0 spiro atoms. The van der Waals surface area contributed by atoms with Gasteiger partial charge in [0.25, 0.3) is 11.8 Å². The second kappa shape index (κ2) is 10.8. The van der Waals surface area contributed by atoms with Gasteiger partial charge in [-0.1, -0.05) is 49.7 Å². The molecule has 0 aliphatic carbocycles. The van der Waals surface area contributed by atoms with E-state index < -0.39 is 0 Å². The lowest BCUT2D eigenvalue weighted by Gasteiger charge is -2.18. The fourth-order valence-corrected chi connectivity index (χ4v) is 3.94. The Morgan fingerprint density at radius 3 is 1.77 bits per heavy atom. The Labute approximate surface area is 205 Å². The third kappa shape index (κ3) is 5.66. The number of para-hydroxylation sites is 2. The maximum atomic E-state index is 13.0. The van der Waals surface area contributed by atoms with Crippen LogP contribution in [0.2, 0.25) is 0 Å². The summed E-state index contributed by atoms with van der Waals surface area (Å²) in [5.41, 5.74) is 4.09. The van der Waals surface area contributed by atoms with E-state index >= 15 is 0 Å². The Morgan fingerprint density at radius 1 is 0.800 bits per heavy atom. The van der Waals surface area contributed by atoms with Crippen molar-refractivity contribution in [3.63, 3.8) is 0 Å². The molecule has 1 unspecified atom stereocenters. The average molecular weight is 471 g/mol. The molecule has 0 radical (unpaired) electrons. The van der Waals surface area contributed by atoms with E-state index in [1.807, 2.05) is 81.4 Å². The molecule has 0 aliphatic heterocycles. The third-order valence-electron chi connectivity index (χ3n) is 5.81. The van der Waals surface area contributed by atoms with Crippen molar-refractivity contribution in [1.82, 2.24) is 30.2 Å². The minimum Gasteiger partial charge on any atom is -0.350 e. The number of carbonyl (C=O) groups excluding carboxylic acids is 2. The van der Waals surface area contributed by atoms with Crippen molar-refractivity contribution in [3.05, 3.63) is 95.6 Å². The molecule has 4 rings (SSSR count). The maximum absolute atomic E-state index is 13.0. The highest BCUT2D eigenvalue weighted by Gasteiger charge is 2.20. The van der Waals surface area contributed by atoms with Crippen molar-refractivity contribution in [3.8, 4) is 11.4 Å². The fraction of sp³-hybridized carbons (Fsp3) is 0.259. The van der Waals surface area contributed by atoms with Crippen molar-refractivity contribution in [2.75, 3.05) is 6.54 Å². The standard InChI is InChI=1S/C27H30N6O2/c1-4-11-21(29-27(35)25-18-33(31-20(25)3)23-14-9-6-10-15-23)16-28-26(34)24-17-32(30-19(24)2)22-12-7-5-8-13-22/h5-10,12-15,17-18,21H,4,11,16H2,1-3H3,(H,28,34)(H,29,35). The summed E-state index contributed by atoms with van der Waals surface area (Å²) in [7, 11) is 0. The molecule has 1 atom stereocenters. The minimum absolute atomic E-state index is 0.203. The Bertz CT molecular complexity index is 1290. The maximum Gasteiger partial charge on any atom is 0.255 e. The smallest absolute Gasteiger partial charge is 0.255 e. The molecule has 180 valence electrons. The normalized spacial score (nSPS) is 11.7. The van der Waals surface area contributed by atoms with Crippen molar-refractivity contribution < 1.29 is 9.59 Å². The molecule has 8 heteroatoms. The SMILES string of the molecule is CCCC(CNC(=O)c1cn(-c2ccccc2)nc1C)NC(=O)c1cn(-c2ccccc2)nc1C. The van der Waals surface area contributed by atoms with Crippen LogP contribution in [0.4, 0.5) is 0 Å². The van der Waals surface area contributed by atoms with Gasteiger partial charge < -0.3 is 10.6 Å². The van der Waals surface area contributed by atoms with Gasteiger partial charge in [-0.25, -0.2) is 9.36 Å². The lowest BCUT2D eigenvalue weighted by atomic mass is 10.1. The van der Waals surface area contributed by atoms with E-state index in [2.05, 4.69) is 20.8 Å². The molecule has 2 aromatic carbocycles. The zero-order valence-corrected chi connectivity index (χ0v) is 20.2. The highest BCUT2D eigenvalue weighted by molar-refractivity contribution is 5.96. The van der Waals surface area contributed by atoms with Crippen molar-refractivity contribution in [2.24, 2.45) is 0 Å². The third-order valence-corrected chi connectivity index (χ3v) is 5.81. The van der Waals surface area contributed by atoms with E-state index in [4.69, 9.17) is 0 Å². The van der Waals surface area contributed by atoms with E-state index in [9.17, 15) is 9.59 Å². The van der Waals surface area contributed by atoms with Gasteiger partial charge in [-0.05, 0) is 44.5 Å². The lowest BCUT2D eigenvalue weighted by Crippen LogP contribution is -2.43. The summed E-state index contributed by atoms with van der Waals surface area (Å²) in [6.07, 6.45) is 5.08. The predicted octanol–water partition coefficient (Wildman–Crippen LogP) is 4.00. The van der Waals surface area contributed by atoms with Crippen molar-refractivity contribution >= 4 is 11.8 Å². The number of nitrogens with zero attached hydrogens (tertiary/aromatic N) is 4. The molecule has 2 aromatic heterocycles. The molecule has 0 saturated carbocycles. The van der Waals surface area contributed by atoms with E-state index in [1.54, 1.807) is 21.8 Å². The number of aryl methyl sites for hydroxylation is 2. The summed E-state index contributed by atoms with van der Waals surface area (Å²) in [5, 5.41) is 15.0. The first-order chi connectivity index (χ1) is 17.0. The van der Waals surface area contributed by atoms with E-state index in [0.29, 0.717) is 29.1 Å². The van der Waals surface area contributed by atoms with Gasteiger partial charge in [-0.15, -0.1) is 0 Å². The monoisotopic (exact) mass is 470 g/mol. The van der Waals surface area contributed by atoms with E-state index in [1.165, 1.54) is 0 Å². The van der Waals surface area contributed by atoms with E-state index in [-0.39, 0.29) is 17.9 Å². The number of carbonyl (C=O) groups is 2. The van der Waals surface area contributed by atoms with E-state index in [0.717, 1.165) is 24.2 Å². The minimum atomic E-state index is -0.215.